The summed E-state index contributed by atoms with van der Waals surface area (Å²) in [6.45, 7) is 0. The number of aliphatic imine (C=N–C) groups is 1. The number of rotatable bonds is 6. The molecule has 26 heavy (non-hydrogen) atoms. The topological polar surface area (TPSA) is 175 Å². The molecule has 0 fully saturated rings. The summed E-state index contributed by atoms with van der Waals surface area (Å²) in [5, 5.41) is 25.4. The second-order valence-electron chi connectivity index (χ2n) is 5.15. The zero-order valence-corrected chi connectivity index (χ0v) is 13.1. The average molecular weight is 360 g/mol. The Balaban J connectivity index is 1.76. The van der Waals surface area contributed by atoms with Crippen LogP contribution in [0.15, 0.2) is 49.3 Å². The highest BCUT2D eigenvalue weighted by Crippen LogP contribution is 2.20. The van der Waals surface area contributed by atoms with Crippen LogP contribution in [0.4, 0.5) is 11.8 Å². The maximum atomic E-state index is 10.7. The van der Waals surface area contributed by atoms with Crippen LogP contribution in [0, 0.1) is 20.2 Å². The van der Waals surface area contributed by atoms with Crippen LogP contribution in [0.25, 0.3) is 6.08 Å². The molecule has 1 aliphatic rings. The highest BCUT2D eigenvalue weighted by atomic mass is 16.7. The molecule has 1 unspecified atom stereocenters. The van der Waals surface area contributed by atoms with Crippen molar-refractivity contribution >= 4 is 29.5 Å². The average Bonchev–Trinajstić information content (AvgIpc) is 3.23. The predicted molar refractivity (Wildman–Crippen MR) is 89.4 cm³/mol. The molecular formula is C14H12N6O6. The van der Waals surface area contributed by atoms with Crippen molar-refractivity contribution in [1.29, 1.82) is 0 Å². The van der Waals surface area contributed by atoms with Crippen molar-refractivity contribution in [2.24, 2.45) is 15.8 Å². The number of hydrazone groups is 1. The molecule has 1 aliphatic heterocycles. The molecule has 1 atom stereocenters. The van der Waals surface area contributed by atoms with Gasteiger partial charge in [0.1, 0.15) is 27.4 Å². The number of guanidine groups is 1. The summed E-state index contributed by atoms with van der Waals surface area (Å²) in [5.41, 5.74) is 8.57. The number of nitrogens with zero attached hydrogens (tertiary/aromatic N) is 4. The van der Waals surface area contributed by atoms with Crippen molar-refractivity contribution in [3.63, 3.8) is 0 Å². The second kappa shape index (κ2) is 6.88. The van der Waals surface area contributed by atoms with E-state index in [2.05, 4.69) is 15.5 Å². The predicted octanol–water partition coefficient (Wildman–Crippen LogP) is 1.59. The summed E-state index contributed by atoms with van der Waals surface area (Å²) in [4.78, 5) is 24.2. The molecule has 3 rings (SSSR count). The molecule has 12 heteroatoms. The van der Waals surface area contributed by atoms with Crippen LogP contribution >= 0.6 is 0 Å². The first-order valence-corrected chi connectivity index (χ1v) is 7.24. The van der Waals surface area contributed by atoms with E-state index in [-0.39, 0.29) is 29.9 Å². The fraction of sp³-hybridized carbons (Fsp3) is 0.143. The third kappa shape index (κ3) is 3.75. The molecule has 3 heterocycles. The molecule has 0 amide bonds. The van der Waals surface area contributed by atoms with Gasteiger partial charge >= 0.3 is 11.8 Å². The lowest BCUT2D eigenvalue weighted by molar-refractivity contribution is -0.402. The number of nitro groups is 2. The molecule has 0 aromatic carbocycles. The maximum Gasteiger partial charge on any atom is 0.433 e. The largest absolute Gasteiger partial charge is 0.433 e. The first-order valence-electron chi connectivity index (χ1n) is 7.24. The standard InChI is InChI=1S/C14H12N6O6/c15-14-16-11(7-9-3-6-13(26-9)20(23)24)10(17-18-14)4-1-8-2-5-12(25-8)19(21)22/h1-6,11H,7H2,(H3,15,16,18)/b4-1+. The maximum absolute atomic E-state index is 10.7. The minimum atomic E-state index is -0.644. The van der Waals surface area contributed by atoms with Gasteiger partial charge in [0, 0.05) is 6.42 Å². The van der Waals surface area contributed by atoms with E-state index in [9.17, 15) is 20.2 Å². The zero-order chi connectivity index (χ0) is 18.7. The van der Waals surface area contributed by atoms with Gasteiger partial charge in [-0.15, -0.1) is 0 Å². The van der Waals surface area contributed by atoms with E-state index >= 15 is 0 Å². The number of hydrogen-bond acceptors (Lipinski definition) is 10. The Morgan fingerprint density at radius 1 is 1.12 bits per heavy atom. The summed E-state index contributed by atoms with van der Waals surface area (Å²) < 4.78 is 10.1. The van der Waals surface area contributed by atoms with E-state index in [4.69, 9.17) is 14.6 Å². The molecule has 2 aromatic heterocycles. The molecule has 3 N–H and O–H groups in total. The Kier molecular flexibility index (Phi) is 4.47. The monoisotopic (exact) mass is 360 g/mol. The van der Waals surface area contributed by atoms with E-state index < -0.39 is 15.9 Å². The first-order chi connectivity index (χ1) is 12.4. The van der Waals surface area contributed by atoms with E-state index in [0.29, 0.717) is 11.5 Å². The van der Waals surface area contributed by atoms with Crippen LogP contribution in [0.3, 0.4) is 0 Å². The van der Waals surface area contributed by atoms with Crippen molar-refractivity contribution in [2.45, 2.75) is 12.5 Å². The Hall–Kier alpha value is -3.96. The third-order valence-corrected chi connectivity index (χ3v) is 3.37. The van der Waals surface area contributed by atoms with Crippen LogP contribution in [0.1, 0.15) is 11.5 Å². The van der Waals surface area contributed by atoms with Crippen molar-refractivity contribution in [3.05, 3.63) is 62.1 Å². The summed E-state index contributed by atoms with van der Waals surface area (Å²) in [5.74, 6) is -0.0658. The van der Waals surface area contributed by atoms with Gasteiger partial charge in [-0.3, -0.25) is 20.2 Å². The summed E-state index contributed by atoms with van der Waals surface area (Å²) >= 11 is 0. The lowest BCUT2D eigenvalue weighted by Gasteiger charge is -2.17. The van der Waals surface area contributed by atoms with E-state index in [1.807, 2.05) is 0 Å². The molecule has 0 spiro atoms. The van der Waals surface area contributed by atoms with Gasteiger partial charge in [0.05, 0.1) is 17.8 Å². The van der Waals surface area contributed by atoms with E-state index in [1.165, 1.54) is 30.3 Å². The number of hydrogen-bond donors (Lipinski definition) is 2. The number of nitrogens with two attached hydrogens (primary N) is 1. The highest BCUT2D eigenvalue weighted by Gasteiger charge is 2.22. The van der Waals surface area contributed by atoms with Crippen molar-refractivity contribution in [1.82, 2.24) is 5.43 Å². The fourth-order valence-corrected chi connectivity index (χ4v) is 2.22. The highest BCUT2D eigenvalue weighted by molar-refractivity contribution is 6.05. The van der Waals surface area contributed by atoms with Gasteiger partial charge in [0.25, 0.3) is 0 Å². The summed E-state index contributed by atoms with van der Waals surface area (Å²) in [7, 11) is 0. The van der Waals surface area contributed by atoms with Gasteiger partial charge in [-0.2, -0.15) is 5.10 Å². The fourth-order valence-electron chi connectivity index (χ4n) is 2.22. The van der Waals surface area contributed by atoms with E-state index in [1.54, 1.807) is 6.08 Å². The lowest BCUT2D eigenvalue weighted by atomic mass is 10.1. The Morgan fingerprint density at radius 3 is 2.46 bits per heavy atom. The molecule has 0 aliphatic carbocycles. The molecule has 0 bridgehead atoms. The van der Waals surface area contributed by atoms with Crippen molar-refractivity contribution in [2.75, 3.05) is 0 Å². The zero-order valence-electron chi connectivity index (χ0n) is 13.1. The number of furan rings is 2. The van der Waals surface area contributed by atoms with Crippen LogP contribution in [0.2, 0.25) is 0 Å². The quantitative estimate of drug-likeness (QED) is 0.576. The van der Waals surface area contributed by atoms with E-state index in [0.717, 1.165) is 0 Å². The first kappa shape index (κ1) is 16.9. The Labute approximate surface area is 145 Å². The molecule has 0 saturated carbocycles. The van der Waals surface area contributed by atoms with Crippen LogP contribution in [-0.2, 0) is 6.42 Å². The Bertz CT molecular complexity index is 939. The minimum Gasteiger partial charge on any atom is -0.406 e. The molecular weight excluding hydrogens is 348 g/mol. The Morgan fingerprint density at radius 2 is 1.81 bits per heavy atom. The van der Waals surface area contributed by atoms with Gasteiger partial charge in [-0.1, -0.05) is 0 Å². The number of nitrogens with one attached hydrogen (secondary N) is 1. The van der Waals surface area contributed by atoms with Gasteiger partial charge in [-0.05, 0) is 24.3 Å². The van der Waals surface area contributed by atoms with Gasteiger partial charge in [-0.25, -0.2) is 10.4 Å². The van der Waals surface area contributed by atoms with Crippen LogP contribution < -0.4 is 11.2 Å². The van der Waals surface area contributed by atoms with Crippen LogP contribution in [-0.4, -0.2) is 27.6 Å². The minimum absolute atomic E-state index is 0.0850. The van der Waals surface area contributed by atoms with Crippen LogP contribution in [0.5, 0.6) is 0 Å². The normalized spacial score (nSPS) is 16.8. The van der Waals surface area contributed by atoms with Gasteiger partial charge in [0.2, 0.25) is 5.96 Å². The molecule has 12 nitrogen and oxygen atoms in total. The van der Waals surface area contributed by atoms with Gasteiger partial charge in [0.15, 0.2) is 0 Å². The second-order valence-corrected chi connectivity index (χ2v) is 5.15. The smallest absolute Gasteiger partial charge is 0.406 e. The lowest BCUT2D eigenvalue weighted by Crippen LogP contribution is -2.38. The third-order valence-electron chi connectivity index (χ3n) is 3.37. The summed E-state index contributed by atoms with van der Waals surface area (Å²) in [6, 6.07) is 4.84. The molecule has 2 aromatic rings. The molecule has 0 saturated heterocycles. The SMILES string of the molecule is NC1=NC(Cc2ccc([N+](=O)[O-])o2)C(/C=C/c2ccc([N+](=O)[O-])o2)=NN1. The van der Waals surface area contributed by atoms with Gasteiger partial charge < -0.3 is 14.6 Å². The summed E-state index contributed by atoms with van der Waals surface area (Å²) in [6.07, 6.45) is 3.23. The molecule has 134 valence electrons. The van der Waals surface area contributed by atoms with Crippen molar-refractivity contribution < 1.29 is 18.7 Å². The molecule has 0 radical (unpaired) electrons. The van der Waals surface area contributed by atoms with Crippen molar-refractivity contribution in [3.8, 4) is 0 Å².